The minimum atomic E-state index is -4.92. The zero-order valence-electron chi connectivity index (χ0n) is 36.2. The van der Waals surface area contributed by atoms with E-state index in [1.165, 1.54) is 23.2 Å². The monoisotopic (exact) mass is 1010 g/mol. The summed E-state index contributed by atoms with van der Waals surface area (Å²) in [6.45, 7) is 6.25. The van der Waals surface area contributed by atoms with Gasteiger partial charge in [0.05, 0.1) is 75.8 Å². The molecule has 66 heavy (non-hydrogen) atoms. The van der Waals surface area contributed by atoms with E-state index in [2.05, 4.69) is 20.2 Å². The van der Waals surface area contributed by atoms with Gasteiger partial charge in [0.25, 0.3) is 11.8 Å². The number of alkyl halides is 6. The molecule has 2 aromatic carbocycles. The predicted molar refractivity (Wildman–Crippen MR) is 224 cm³/mol. The predicted octanol–water partition coefficient (Wildman–Crippen LogP) is 9.57. The van der Waals surface area contributed by atoms with Crippen LogP contribution in [0.5, 0.6) is 0 Å². The summed E-state index contributed by atoms with van der Waals surface area (Å²) in [5, 5.41) is 7.39. The minimum absolute atomic E-state index is 0.0341. The SMILES string of the molecule is Cc1nn(C(C)C2(OC(=O)OC3(C(C)n4nc(C)oc4=NC(=O)c4ccc(C(F)(F)F)c(S(C)=O)c4Cl)CCCCC3)CCCCC2)c(=NC(=O)c2ccc(C(F)(F)F)c(S(C)=O)c2Cl)o1. The van der Waals surface area contributed by atoms with Crippen LogP contribution >= 0.6 is 23.2 Å². The van der Waals surface area contributed by atoms with Gasteiger partial charge in [0.1, 0.15) is 11.2 Å². The van der Waals surface area contributed by atoms with Crippen LogP contribution in [0.3, 0.4) is 0 Å². The molecule has 0 N–H and O–H groups in total. The first-order valence-electron chi connectivity index (χ1n) is 20.5. The lowest BCUT2D eigenvalue weighted by Crippen LogP contribution is -2.50. The second-order valence-corrected chi connectivity index (χ2v) is 19.5. The number of aromatic nitrogens is 4. The molecule has 25 heteroatoms. The molecule has 2 saturated carbocycles. The summed E-state index contributed by atoms with van der Waals surface area (Å²) in [6.07, 6.45) is -3.71. The van der Waals surface area contributed by atoms with E-state index in [0.29, 0.717) is 63.5 Å². The molecule has 15 nitrogen and oxygen atoms in total. The molecule has 360 valence electrons. The van der Waals surface area contributed by atoms with E-state index in [4.69, 9.17) is 41.5 Å². The molecule has 2 aromatic heterocycles. The number of carbonyl (C=O) groups is 3. The van der Waals surface area contributed by atoms with Crippen molar-refractivity contribution in [3.05, 3.63) is 79.7 Å². The first kappa shape index (κ1) is 50.8. The zero-order valence-corrected chi connectivity index (χ0v) is 39.4. The van der Waals surface area contributed by atoms with Crippen molar-refractivity contribution in [1.82, 2.24) is 19.6 Å². The van der Waals surface area contributed by atoms with E-state index in [1.807, 2.05) is 0 Å². The first-order valence-corrected chi connectivity index (χ1v) is 24.4. The van der Waals surface area contributed by atoms with Gasteiger partial charge >= 0.3 is 29.9 Å². The van der Waals surface area contributed by atoms with Gasteiger partial charge < -0.3 is 18.3 Å². The fourth-order valence-corrected chi connectivity index (χ4v) is 11.3. The summed E-state index contributed by atoms with van der Waals surface area (Å²) in [5.74, 6) is -2.18. The number of carbonyl (C=O) groups excluding carboxylic acids is 3. The van der Waals surface area contributed by atoms with Crippen molar-refractivity contribution >= 4 is 62.8 Å². The Kier molecular flexibility index (Phi) is 15.0. The van der Waals surface area contributed by atoms with E-state index in [9.17, 15) is 49.1 Å². The molecule has 6 rings (SSSR count). The molecule has 0 bridgehead atoms. The second-order valence-electron chi connectivity index (χ2n) is 16.1. The van der Waals surface area contributed by atoms with Crippen LogP contribution in [0.2, 0.25) is 10.0 Å². The smallest absolute Gasteiger partial charge is 0.425 e. The van der Waals surface area contributed by atoms with Crippen molar-refractivity contribution in [1.29, 1.82) is 0 Å². The molecule has 4 unspecified atom stereocenters. The Morgan fingerprint density at radius 3 is 1.30 bits per heavy atom. The van der Waals surface area contributed by atoms with E-state index < -0.39 is 117 Å². The molecule has 4 aromatic rings. The summed E-state index contributed by atoms with van der Waals surface area (Å²) < 4.78 is 134. The first-order chi connectivity index (χ1) is 30.8. The quantitative estimate of drug-likeness (QED) is 0.109. The highest BCUT2D eigenvalue weighted by atomic mass is 35.5. The summed E-state index contributed by atoms with van der Waals surface area (Å²) in [6, 6.07) is 1.05. The second kappa shape index (κ2) is 19.5. The maximum Gasteiger partial charge on any atom is 0.509 e. The Bertz CT molecular complexity index is 2550. The van der Waals surface area contributed by atoms with Gasteiger partial charge in [0.2, 0.25) is 11.8 Å². The fourth-order valence-electron chi connectivity index (χ4n) is 8.49. The largest absolute Gasteiger partial charge is 0.509 e. The van der Waals surface area contributed by atoms with Crippen molar-refractivity contribution in [3.63, 3.8) is 0 Å². The van der Waals surface area contributed by atoms with Crippen molar-refractivity contribution in [2.75, 3.05) is 12.5 Å². The molecule has 0 aliphatic heterocycles. The zero-order chi connectivity index (χ0) is 48.7. The lowest BCUT2D eigenvalue weighted by Gasteiger charge is -2.44. The summed E-state index contributed by atoms with van der Waals surface area (Å²) in [4.78, 5) is 47.8. The Hall–Kier alpha value is -4.61. The van der Waals surface area contributed by atoms with Crippen LogP contribution in [0.4, 0.5) is 31.1 Å². The standard InChI is InChI=1S/C41H44Cl2F6N6O9S2/c1-21(54-35(61-23(3)52-54)50-33(56)25-13-15-27(40(44,45)46)31(29(25)42)65(5)59)38(17-9-7-10-18-38)63-37(58)64-39(19-11-8-12-20-39)22(2)55-36(62-24(4)53-55)51-34(57)26-14-16-28(41(47,48)49)32(30(26)43)66(6)60/h13-16,21-22H,7-12,17-20H2,1-6H3. The van der Waals surface area contributed by atoms with Gasteiger partial charge in [0, 0.05) is 26.4 Å². The summed E-state index contributed by atoms with van der Waals surface area (Å²) in [7, 11) is -4.49. The van der Waals surface area contributed by atoms with Crippen LogP contribution in [0, 0.1) is 13.8 Å². The van der Waals surface area contributed by atoms with Crippen LogP contribution < -0.4 is 11.4 Å². The Labute approximate surface area is 387 Å². The molecule has 2 amide bonds. The Balaban J connectivity index is 1.32. The average molecular weight is 1010 g/mol. The number of hydrogen-bond donors (Lipinski definition) is 0. The molecule has 0 spiro atoms. The van der Waals surface area contributed by atoms with Gasteiger partial charge in [-0.3, -0.25) is 18.0 Å². The maximum atomic E-state index is 14.3. The van der Waals surface area contributed by atoms with Crippen LogP contribution in [-0.2, 0) is 43.4 Å². The number of amides is 2. The summed E-state index contributed by atoms with van der Waals surface area (Å²) >= 11 is 12.5. The van der Waals surface area contributed by atoms with Gasteiger partial charge in [-0.25, -0.2) is 14.2 Å². The molecular formula is C41H44Cl2F6N6O9S2. The number of hydrogen-bond acceptors (Lipinski definition) is 11. The third-order valence-electron chi connectivity index (χ3n) is 11.8. The van der Waals surface area contributed by atoms with Crippen molar-refractivity contribution < 1.29 is 67.5 Å². The van der Waals surface area contributed by atoms with Crippen molar-refractivity contribution in [2.24, 2.45) is 9.98 Å². The van der Waals surface area contributed by atoms with Gasteiger partial charge in [-0.1, -0.05) is 36.0 Å². The van der Waals surface area contributed by atoms with Crippen LogP contribution in [0.15, 0.2) is 52.9 Å². The molecule has 2 fully saturated rings. The minimum Gasteiger partial charge on any atom is -0.425 e. The van der Waals surface area contributed by atoms with E-state index in [-0.39, 0.29) is 23.2 Å². The third-order valence-corrected chi connectivity index (χ3v) is 14.8. The van der Waals surface area contributed by atoms with Crippen LogP contribution in [0.25, 0.3) is 0 Å². The normalized spacial score (nSPS) is 18.9. The maximum absolute atomic E-state index is 14.3. The van der Waals surface area contributed by atoms with Crippen LogP contribution in [-0.4, -0.2) is 69.7 Å². The van der Waals surface area contributed by atoms with E-state index >= 15 is 0 Å². The molecule has 2 heterocycles. The van der Waals surface area contributed by atoms with Crippen molar-refractivity contribution in [2.45, 2.75) is 137 Å². The third kappa shape index (κ3) is 10.4. The highest BCUT2D eigenvalue weighted by Crippen LogP contribution is 2.45. The van der Waals surface area contributed by atoms with Crippen molar-refractivity contribution in [3.8, 4) is 0 Å². The number of benzene rings is 2. The molecule has 4 atom stereocenters. The van der Waals surface area contributed by atoms with E-state index in [1.54, 1.807) is 13.8 Å². The number of nitrogens with zero attached hydrogens (tertiary/aromatic N) is 6. The van der Waals surface area contributed by atoms with Gasteiger partial charge in [-0.15, -0.1) is 10.2 Å². The van der Waals surface area contributed by atoms with Gasteiger partial charge in [-0.2, -0.15) is 36.3 Å². The average Bonchev–Trinajstić information content (AvgIpc) is 3.79. The highest BCUT2D eigenvalue weighted by Gasteiger charge is 2.49. The molecule has 0 radical (unpaired) electrons. The number of rotatable bonds is 10. The fraction of sp³-hybridized carbons (Fsp3) is 0.537. The summed E-state index contributed by atoms with van der Waals surface area (Å²) in [5.41, 5.74) is -6.94. The molecular weight excluding hydrogens is 970 g/mol. The topological polar surface area (TPSA) is 190 Å². The number of ether oxygens (including phenoxy) is 2. The Morgan fingerprint density at radius 1 is 0.667 bits per heavy atom. The molecule has 0 saturated heterocycles. The van der Waals surface area contributed by atoms with Gasteiger partial charge in [-0.05, 0) is 89.5 Å². The van der Waals surface area contributed by atoms with Crippen LogP contribution in [0.1, 0.15) is 134 Å². The Morgan fingerprint density at radius 2 is 1.00 bits per heavy atom. The number of halogens is 8. The molecule has 2 aliphatic rings. The van der Waals surface area contributed by atoms with Gasteiger partial charge in [0.15, 0.2) is 0 Å². The lowest BCUT2D eigenvalue weighted by molar-refractivity contribution is -0.140. The molecule has 2 aliphatic carbocycles. The van der Waals surface area contributed by atoms with E-state index in [0.717, 1.165) is 37.5 Å². The lowest BCUT2D eigenvalue weighted by atomic mass is 9.79. The highest BCUT2D eigenvalue weighted by molar-refractivity contribution is 7.84. The number of aryl methyl sites for hydroxylation is 2.